The molecule has 0 aliphatic heterocycles. The third kappa shape index (κ3) is 4.45. The number of carbonyl (C=O) groups excluding carboxylic acids is 1. The van der Waals surface area contributed by atoms with E-state index in [-0.39, 0.29) is 26.9 Å². The normalized spacial score (nSPS) is 11.4. The van der Waals surface area contributed by atoms with E-state index in [1.54, 1.807) is 0 Å². The third-order valence-electron chi connectivity index (χ3n) is 1.75. The number of nitrogens with one attached hydrogen (secondary N) is 1. The summed E-state index contributed by atoms with van der Waals surface area (Å²) in [5, 5.41) is 6.78. The Hall–Kier alpha value is -0.820. The number of nitrogens with zero attached hydrogens (tertiary/aromatic N) is 1. The molecule has 0 unspecified atom stereocenters. The maximum atomic E-state index is 11.6. The average molecular weight is 328 g/mol. The molecule has 0 heterocycles. The maximum Gasteiger partial charge on any atom is 0.234 e. The Bertz CT molecular complexity index is 472. The lowest BCUT2D eigenvalue weighted by molar-refractivity contribution is -0.113. The highest BCUT2D eigenvalue weighted by molar-refractivity contribution is 8.14. The zero-order valence-electron chi connectivity index (χ0n) is 8.91. The van der Waals surface area contributed by atoms with Gasteiger partial charge in [-0.3, -0.25) is 4.79 Å². The standard InChI is InChI=1S/C9H9Cl3N4OS/c10-4-1-5(11)8(6(12)2-4)15-7(17)3-18-9(13)16-14/h1-2H,3,14H2,(H2,13,16)(H,15,17). The zero-order chi connectivity index (χ0) is 13.7. The molecule has 5 N–H and O–H groups in total. The molecular weight excluding hydrogens is 319 g/mol. The van der Waals surface area contributed by atoms with E-state index in [1.807, 2.05) is 0 Å². The molecule has 18 heavy (non-hydrogen) atoms. The van der Waals surface area contributed by atoms with E-state index in [0.717, 1.165) is 11.8 Å². The van der Waals surface area contributed by atoms with Crippen LogP contribution in [-0.2, 0) is 4.79 Å². The van der Waals surface area contributed by atoms with Crippen LogP contribution in [0.15, 0.2) is 17.2 Å². The van der Waals surface area contributed by atoms with Crippen molar-refractivity contribution in [3.05, 3.63) is 27.2 Å². The number of benzene rings is 1. The van der Waals surface area contributed by atoms with Crippen molar-refractivity contribution in [1.29, 1.82) is 0 Å². The highest BCUT2D eigenvalue weighted by atomic mass is 35.5. The van der Waals surface area contributed by atoms with Gasteiger partial charge in [-0.2, -0.15) is 5.10 Å². The molecule has 1 amide bonds. The summed E-state index contributed by atoms with van der Waals surface area (Å²) in [5.41, 5.74) is 5.64. The van der Waals surface area contributed by atoms with Crippen LogP contribution in [0.3, 0.4) is 0 Å². The van der Waals surface area contributed by atoms with E-state index < -0.39 is 0 Å². The summed E-state index contributed by atoms with van der Waals surface area (Å²) in [6, 6.07) is 2.96. The second kappa shape index (κ2) is 6.94. The van der Waals surface area contributed by atoms with Gasteiger partial charge in [-0.25, -0.2) is 0 Å². The molecule has 5 nitrogen and oxygen atoms in total. The number of carbonyl (C=O) groups is 1. The van der Waals surface area contributed by atoms with Gasteiger partial charge in [-0.1, -0.05) is 46.6 Å². The summed E-state index contributed by atoms with van der Waals surface area (Å²) in [5.74, 6) is 4.64. The Morgan fingerprint density at radius 3 is 2.39 bits per heavy atom. The average Bonchev–Trinajstić information content (AvgIpc) is 2.30. The first kappa shape index (κ1) is 15.2. The largest absolute Gasteiger partial charge is 0.377 e. The number of nitrogens with two attached hydrogens (primary N) is 2. The Kier molecular flexibility index (Phi) is 5.87. The van der Waals surface area contributed by atoms with E-state index in [1.165, 1.54) is 12.1 Å². The van der Waals surface area contributed by atoms with Gasteiger partial charge in [-0.15, -0.1) is 0 Å². The van der Waals surface area contributed by atoms with Crippen molar-refractivity contribution in [2.45, 2.75) is 0 Å². The molecule has 0 aromatic heterocycles. The van der Waals surface area contributed by atoms with Gasteiger partial charge in [0, 0.05) is 5.02 Å². The summed E-state index contributed by atoms with van der Waals surface area (Å²) in [6.07, 6.45) is 0. The fourth-order valence-corrected chi connectivity index (χ4v) is 2.35. The lowest BCUT2D eigenvalue weighted by Gasteiger charge is -2.09. The van der Waals surface area contributed by atoms with Crippen LogP contribution >= 0.6 is 46.6 Å². The van der Waals surface area contributed by atoms with Crippen LogP contribution in [0.1, 0.15) is 0 Å². The first-order chi connectivity index (χ1) is 8.43. The summed E-state index contributed by atoms with van der Waals surface area (Å²) in [6.45, 7) is 0. The van der Waals surface area contributed by atoms with Gasteiger partial charge in [0.15, 0.2) is 5.17 Å². The predicted octanol–water partition coefficient (Wildman–Crippen LogP) is 2.51. The van der Waals surface area contributed by atoms with Crippen molar-refractivity contribution in [2.75, 3.05) is 11.1 Å². The first-order valence-corrected chi connectivity index (χ1v) is 6.66. The number of amides is 1. The van der Waals surface area contributed by atoms with E-state index in [0.29, 0.717) is 10.7 Å². The molecule has 0 atom stereocenters. The Balaban J connectivity index is 2.71. The molecule has 0 bridgehead atoms. The SMILES string of the molecule is NN=C(N)SCC(=O)Nc1c(Cl)cc(Cl)cc1Cl. The van der Waals surface area contributed by atoms with Gasteiger partial charge in [0.05, 0.1) is 21.5 Å². The molecule has 0 aliphatic carbocycles. The van der Waals surface area contributed by atoms with Crippen molar-refractivity contribution in [1.82, 2.24) is 0 Å². The Labute approximate surface area is 123 Å². The van der Waals surface area contributed by atoms with Crippen LogP contribution < -0.4 is 16.9 Å². The molecule has 0 saturated heterocycles. The molecule has 1 aromatic carbocycles. The van der Waals surface area contributed by atoms with Crippen LogP contribution in [-0.4, -0.2) is 16.8 Å². The van der Waals surface area contributed by atoms with Crippen molar-refractivity contribution in [2.24, 2.45) is 16.7 Å². The minimum atomic E-state index is -0.335. The van der Waals surface area contributed by atoms with E-state index in [9.17, 15) is 4.79 Å². The van der Waals surface area contributed by atoms with Crippen LogP contribution in [0.4, 0.5) is 5.69 Å². The second-order valence-corrected chi connectivity index (χ2v) is 5.30. The quantitative estimate of drug-likeness (QED) is 0.344. The van der Waals surface area contributed by atoms with Crippen LogP contribution in [0.25, 0.3) is 0 Å². The van der Waals surface area contributed by atoms with Crippen LogP contribution in [0.5, 0.6) is 0 Å². The van der Waals surface area contributed by atoms with E-state index >= 15 is 0 Å². The van der Waals surface area contributed by atoms with Gasteiger partial charge < -0.3 is 16.9 Å². The molecular formula is C9H9Cl3N4OS. The van der Waals surface area contributed by atoms with Crippen molar-refractivity contribution >= 4 is 63.3 Å². The Morgan fingerprint density at radius 1 is 1.33 bits per heavy atom. The molecule has 9 heteroatoms. The third-order valence-corrected chi connectivity index (χ3v) is 3.37. The van der Waals surface area contributed by atoms with Gasteiger partial charge in [0.25, 0.3) is 0 Å². The van der Waals surface area contributed by atoms with Crippen molar-refractivity contribution in [3.8, 4) is 0 Å². The maximum absolute atomic E-state index is 11.6. The fourth-order valence-electron chi connectivity index (χ4n) is 1.01. The van der Waals surface area contributed by atoms with E-state index in [4.69, 9.17) is 46.4 Å². The smallest absolute Gasteiger partial charge is 0.234 e. The number of hydrogen-bond donors (Lipinski definition) is 3. The number of halogens is 3. The first-order valence-electron chi connectivity index (χ1n) is 4.54. The number of amidine groups is 1. The lowest BCUT2D eigenvalue weighted by Crippen LogP contribution is -2.18. The summed E-state index contributed by atoms with van der Waals surface area (Å²) >= 11 is 18.6. The molecule has 98 valence electrons. The minimum Gasteiger partial charge on any atom is -0.377 e. The van der Waals surface area contributed by atoms with Gasteiger partial charge in [-0.05, 0) is 12.1 Å². The molecule has 1 aromatic rings. The molecule has 0 fully saturated rings. The van der Waals surface area contributed by atoms with Gasteiger partial charge in [0.2, 0.25) is 5.91 Å². The second-order valence-electron chi connectivity index (χ2n) is 3.05. The zero-order valence-corrected chi connectivity index (χ0v) is 12.0. The molecule has 0 saturated carbocycles. The highest BCUT2D eigenvalue weighted by Gasteiger charge is 2.11. The molecule has 1 rings (SSSR count). The number of rotatable bonds is 3. The van der Waals surface area contributed by atoms with Gasteiger partial charge in [0.1, 0.15) is 0 Å². The predicted molar refractivity (Wildman–Crippen MR) is 78.4 cm³/mol. The van der Waals surface area contributed by atoms with Crippen LogP contribution in [0.2, 0.25) is 15.1 Å². The summed E-state index contributed by atoms with van der Waals surface area (Å²) in [7, 11) is 0. The minimum absolute atomic E-state index is 0.0435. The van der Waals surface area contributed by atoms with Crippen LogP contribution in [0, 0.1) is 0 Å². The number of thioether (sulfide) groups is 1. The summed E-state index contributed by atoms with van der Waals surface area (Å²) < 4.78 is 0. The van der Waals surface area contributed by atoms with Crippen molar-refractivity contribution < 1.29 is 4.79 Å². The number of anilines is 1. The molecule has 0 aliphatic rings. The Morgan fingerprint density at radius 2 is 1.89 bits per heavy atom. The lowest BCUT2D eigenvalue weighted by atomic mass is 10.3. The number of hydrogen-bond acceptors (Lipinski definition) is 4. The van der Waals surface area contributed by atoms with E-state index in [2.05, 4.69) is 10.4 Å². The summed E-state index contributed by atoms with van der Waals surface area (Å²) in [4.78, 5) is 11.6. The van der Waals surface area contributed by atoms with Crippen molar-refractivity contribution in [3.63, 3.8) is 0 Å². The topological polar surface area (TPSA) is 93.5 Å². The molecule has 0 radical (unpaired) electrons. The number of hydrazone groups is 1. The molecule has 0 spiro atoms. The fraction of sp³-hybridized carbons (Fsp3) is 0.111. The van der Waals surface area contributed by atoms with Gasteiger partial charge >= 0.3 is 0 Å². The monoisotopic (exact) mass is 326 g/mol. The highest BCUT2D eigenvalue weighted by Crippen LogP contribution is 2.33.